The van der Waals surface area contributed by atoms with Gasteiger partial charge in [-0.25, -0.2) is 4.39 Å². The molecule has 0 N–H and O–H groups in total. The third-order valence-corrected chi connectivity index (χ3v) is 5.22. The number of halogens is 1. The maximum absolute atomic E-state index is 13.2. The van der Waals surface area contributed by atoms with Crippen molar-refractivity contribution in [3.05, 3.63) is 46.8 Å². The first-order chi connectivity index (χ1) is 9.76. The van der Waals surface area contributed by atoms with E-state index in [1.165, 1.54) is 49.7 Å². The molecule has 1 aromatic carbocycles. The summed E-state index contributed by atoms with van der Waals surface area (Å²) in [7, 11) is 0. The van der Waals surface area contributed by atoms with E-state index in [0.717, 1.165) is 24.7 Å². The molecule has 1 heteroatoms. The van der Waals surface area contributed by atoms with Gasteiger partial charge in [0, 0.05) is 0 Å². The van der Waals surface area contributed by atoms with Crippen LogP contribution in [0.3, 0.4) is 0 Å². The molecule has 0 atom stereocenters. The molecule has 0 heterocycles. The fraction of sp³-hybridized carbons (Fsp3) is 0.579. The van der Waals surface area contributed by atoms with Crippen molar-refractivity contribution in [3.8, 4) is 0 Å². The fourth-order valence-electron chi connectivity index (χ4n) is 4.03. The summed E-state index contributed by atoms with van der Waals surface area (Å²) in [6, 6.07) is 5.31. The molecule has 20 heavy (non-hydrogen) atoms. The Morgan fingerprint density at radius 1 is 1.10 bits per heavy atom. The predicted octanol–water partition coefficient (Wildman–Crippen LogP) is 5.46. The highest BCUT2D eigenvalue weighted by atomic mass is 19.1. The van der Waals surface area contributed by atoms with E-state index in [1.54, 1.807) is 17.7 Å². The molecule has 0 aromatic heterocycles. The van der Waals surface area contributed by atoms with Gasteiger partial charge >= 0.3 is 0 Å². The summed E-state index contributed by atoms with van der Waals surface area (Å²) in [5, 5.41) is 0. The van der Waals surface area contributed by atoms with Gasteiger partial charge in [0.25, 0.3) is 0 Å². The van der Waals surface area contributed by atoms with Gasteiger partial charge in [0.05, 0.1) is 0 Å². The van der Waals surface area contributed by atoms with Crippen LogP contribution in [0.5, 0.6) is 0 Å². The zero-order valence-corrected chi connectivity index (χ0v) is 12.5. The third-order valence-electron chi connectivity index (χ3n) is 5.22. The molecule has 0 unspecified atom stereocenters. The Morgan fingerprint density at radius 2 is 1.90 bits per heavy atom. The van der Waals surface area contributed by atoms with Crippen molar-refractivity contribution in [1.29, 1.82) is 0 Å². The number of benzene rings is 1. The second-order valence-corrected chi connectivity index (χ2v) is 6.58. The average molecular weight is 272 g/mol. The highest BCUT2D eigenvalue weighted by Gasteiger charge is 2.25. The van der Waals surface area contributed by atoms with E-state index < -0.39 is 0 Å². The van der Waals surface area contributed by atoms with Crippen molar-refractivity contribution in [3.63, 3.8) is 0 Å². The van der Waals surface area contributed by atoms with Crippen LogP contribution in [0.1, 0.15) is 56.6 Å². The Bertz CT molecular complexity index is 492. The number of fused-ring (bicyclic) bond motifs is 1. The van der Waals surface area contributed by atoms with Crippen LogP contribution in [-0.4, -0.2) is 0 Å². The summed E-state index contributed by atoms with van der Waals surface area (Å²) in [5.74, 6) is 1.67. The molecule has 2 aliphatic rings. The van der Waals surface area contributed by atoms with E-state index in [2.05, 4.69) is 13.0 Å². The second kappa shape index (κ2) is 6.11. The van der Waals surface area contributed by atoms with Crippen LogP contribution < -0.4 is 0 Å². The second-order valence-electron chi connectivity index (χ2n) is 6.58. The predicted molar refractivity (Wildman–Crippen MR) is 82.2 cm³/mol. The van der Waals surface area contributed by atoms with E-state index in [-0.39, 0.29) is 5.82 Å². The minimum Gasteiger partial charge on any atom is -0.207 e. The van der Waals surface area contributed by atoms with Crippen LogP contribution in [0.2, 0.25) is 0 Å². The molecule has 0 saturated heterocycles. The lowest BCUT2D eigenvalue weighted by Crippen LogP contribution is -2.19. The summed E-state index contributed by atoms with van der Waals surface area (Å²) in [6.45, 7) is 2.30. The lowest BCUT2D eigenvalue weighted by Gasteiger charge is -2.32. The summed E-state index contributed by atoms with van der Waals surface area (Å²) in [5.41, 5.74) is 4.16. The topological polar surface area (TPSA) is 0 Å². The van der Waals surface area contributed by atoms with Crippen LogP contribution in [-0.2, 0) is 12.8 Å². The standard InChI is InChI=1S/C19H25F/c1-2-3-14-4-6-15(7-5-14)16-8-9-18-13-19(20)11-10-17(18)12-16/h8,10-11,13-15H,2-7,9,12H2,1H3. The number of rotatable bonds is 3. The van der Waals surface area contributed by atoms with Gasteiger partial charge in [-0.3, -0.25) is 0 Å². The number of hydrogen-bond acceptors (Lipinski definition) is 0. The van der Waals surface area contributed by atoms with Crippen LogP contribution in [0.25, 0.3) is 0 Å². The molecule has 1 saturated carbocycles. The molecule has 0 amide bonds. The summed E-state index contributed by atoms with van der Waals surface area (Å²) < 4.78 is 13.2. The molecular weight excluding hydrogens is 247 g/mol. The largest absolute Gasteiger partial charge is 0.207 e. The van der Waals surface area contributed by atoms with E-state index in [0.29, 0.717) is 0 Å². The van der Waals surface area contributed by atoms with Gasteiger partial charge in [-0.05, 0) is 73.6 Å². The van der Waals surface area contributed by atoms with Gasteiger partial charge in [-0.15, -0.1) is 0 Å². The first-order valence-corrected chi connectivity index (χ1v) is 8.22. The molecule has 1 aromatic rings. The Labute approximate surface area is 122 Å². The zero-order valence-electron chi connectivity index (χ0n) is 12.5. The van der Waals surface area contributed by atoms with E-state index in [9.17, 15) is 4.39 Å². The van der Waals surface area contributed by atoms with Gasteiger partial charge in [0.15, 0.2) is 0 Å². The van der Waals surface area contributed by atoms with E-state index in [4.69, 9.17) is 0 Å². The van der Waals surface area contributed by atoms with Crippen LogP contribution in [0, 0.1) is 17.7 Å². The molecule has 0 radical (unpaired) electrons. The molecule has 0 bridgehead atoms. The Morgan fingerprint density at radius 3 is 2.65 bits per heavy atom. The maximum atomic E-state index is 13.2. The quantitative estimate of drug-likeness (QED) is 0.641. The highest BCUT2D eigenvalue weighted by molar-refractivity contribution is 5.38. The van der Waals surface area contributed by atoms with Crippen LogP contribution in [0.15, 0.2) is 29.8 Å². The molecule has 108 valence electrons. The van der Waals surface area contributed by atoms with Crippen molar-refractivity contribution in [2.45, 2.75) is 58.3 Å². The summed E-state index contributed by atoms with van der Waals surface area (Å²) >= 11 is 0. The van der Waals surface area contributed by atoms with Crippen LogP contribution in [0.4, 0.5) is 4.39 Å². The molecule has 2 aliphatic carbocycles. The van der Waals surface area contributed by atoms with Crippen molar-refractivity contribution >= 4 is 0 Å². The van der Waals surface area contributed by atoms with Gasteiger partial charge in [-0.1, -0.05) is 37.5 Å². The number of hydrogen-bond donors (Lipinski definition) is 0. The molecule has 0 spiro atoms. The Hall–Kier alpha value is -1.11. The smallest absolute Gasteiger partial charge is 0.123 e. The third kappa shape index (κ3) is 2.97. The summed E-state index contributed by atoms with van der Waals surface area (Å²) in [4.78, 5) is 0. The van der Waals surface area contributed by atoms with Gasteiger partial charge in [0.2, 0.25) is 0 Å². The monoisotopic (exact) mass is 272 g/mol. The number of allylic oxidation sites excluding steroid dienone is 2. The van der Waals surface area contributed by atoms with Crippen molar-refractivity contribution < 1.29 is 4.39 Å². The van der Waals surface area contributed by atoms with Crippen molar-refractivity contribution in [2.24, 2.45) is 11.8 Å². The Kier molecular flexibility index (Phi) is 4.24. The van der Waals surface area contributed by atoms with E-state index >= 15 is 0 Å². The lowest BCUT2D eigenvalue weighted by molar-refractivity contribution is 0.283. The minimum atomic E-state index is -0.0966. The van der Waals surface area contributed by atoms with Gasteiger partial charge in [0.1, 0.15) is 5.82 Å². The molecule has 0 aliphatic heterocycles. The maximum Gasteiger partial charge on any atom is 0.123 e. The minimum absolute atomic E-state index is 0.0966. The Balaban J connectivity index is 1.63. The van der Waals surface area contributed by atoms with Crippen molar-refractivity contribution in [2.75, 3.05) is 0 Å². The normalized spacial score (nSPS) is 26.0. The molecule has 1 fully saturated rings. The molecule has 0 nitrogen and oxygen atoms in total. The van der Waals surface area contributed by atoms with Gasteiger partial charge in [-0.2, -0.15) is 0 Å². The molecule has 3 rings (SSSR count). The molecular formula is C19H25F. The first-order valence-electron chi connectivity index (χ1n) is 8.22. The highest BCUT2D eigenvalue weighted by Crippen LogP contribution is 2.38. The first kappa shape index (κ1) is 13.9. The zero-order chi connectivity index (χ0) is 13.9. The van der Waals surface area contributed by atoms with Gasteiger partial charge < -0.3 is 0 Å². The van der Waals surface area contributed by atoms with Crippen molar-refractivity contribution in [1.82, 2.24) is 0 Å². The average Bonchev–Trinajstić information content (AvgIpc) is 2.48. The fourth-order valence-corrected chi connectivity index (χ4v) is 4.03. The summed E-state index contributed by atoms with van der Waals surface area (Å²) in [6.07, 6.45) is 12.7. The lowest BCUT2D eigenvalue weighted by atomic mass is 9.74. The van der Waals surface area contributed by atoms with Crippen LogP contribution >= 0.6 is 0 Å². The SMILES string of the molecule is CCCC1CCC(C2=CCc3cc(F)ccc3C2)CC1. The van der Waals surface area contributed by atoms with E-state index in [1.807, 2.05) is 6.07 Å².